The number of alkyl halides is 3. The summed E-state index contributed by atoms with van der Waals surface area (Å²) in [7, 11) is 0. The Morgan fingerprint density at radius 3 is 2.75 bits per heavy atom. The topological polar surface area (TPSA) is 26.3 Å². The zero-order valence-corrected chi connectivity index (χ0v) is 11.0. The molecule has 2 bridgehead atoms. The van der Waals surface area contributed by atoms with Crippen molar-refractivity contribution in [2.24, 2.45) is 23.7 Å². The van der Waals surface area contributed by atoms with Gasteiger partial charge in [0.15, 0.2) is 5.78 Å². The van der Waals surface area contributed by atoms with E-state index < -0.39 is 24.1 Å². The quantitative estimate of drug-likeness (QED) is 0.585. The van der Waals surface area contributed by atoms with Crippen LogP contribution in [0, 0.1) is 23.7 Å². The SMILES string of the molecule is C=C(C(=O)COC1CC2CC1C1CC=CC21)C(F)(F)F. The summed E-state index contributed by atoms with van der Waals surface area (Å²) in [5.74, 6) is 1.11. The highest BCUT2D eigenvalue weighted by Gasteiger charge is 2.53. The highest BCUT2D eigenvalue weighted by atomic mass is 19.4. The van der Waals surface area contributed by atoms with Crippen LogP contribution in [0.5, 0.6) is 0 Å². The first-order valence-electron chi connectivity index (χ1n) is 6.95. The van der Waals surface area contributed by atoms with Crippen molar-refractivity contribution in [3.8, 4) is 0 Å². The molecule has 0 saturated heterocycles. The van der Waals surface area contributed by atoms with Gasteiger partial charge in [-0.2, -0.15) is 13.2 Å². The zero-order chi connectivity index (χ0) is 14.5. The minimum absolute atomic E-state index is 0.0638. The third-order valence-corrected chi connectivity index (χ3v) is 5.05. The van der Waals surface area contributed by atoms with Crippen molar-refractivity contribution in [1.82, 2.24) is 0 Å². The van der Waals surface area contributed by atoms with Crippen LogP contribution in [-0.2, 0) is 9.53 Å². The number of hydrogen-bond acceptors (Lipinski definition) is 2. The van der Waals surface area contributed by atoms with Crippen molar-refractivity contribution >= 4 is 5.78 Å². The molecule has 5 heteroatoms. The molecule has 0 radical (unpaired) electrons. The fourth-order valence-corrected chi connectivity index (χ4v) is 4.11. The number of ketones is 1. The van der Waals surface area contributed by atoms with E-state index in [1.165, 1.54) is 0 Å². The normalized spacial score (nSPS) is 38.2. The van der Waals surface area contributed by atoms with E-state index in [0.29, 0.717) is 23.7 Å². The second-order valence-electron chi connectivity index (χ2n) is 6.05. The first kappa shape index (κ1) is 13.9. The molecule has 0 aromatic heterocycles. The number of hydrogen-bond donors (Lipinski definition) is 0. The van der Waals surface area contributed by atoms with Crippen LogP contribution in [-0.4, -0.2) is 24.7 Å². The lowest BCUT2D eigenvalue weighted by Gasteiger charge is -2.31. The van der Waals surface area contributed by atoms with Crippen LogP contribution in [0.3, 0.4) is 0 Å². The molecule has 0 aromatic rings. The molecule has 0 amide bonds. The molecule has 2 fully saturated rings. The van der Waals surface area contributed by atoms with Gasteiger partial charge in [0, 0.05) is 0 Å². The van der Waals surface area contributed by atoms with Gasteiger partial charge in [0.25, 0.3) is 0 Å². The Hall–Kier alpha value is -1.10. The maximum absolute atomic E-state index is 12.3. The Morgan fingerprint density at radius 2 is 2.05 bits per heavy atom. The molecular weight excluding hydrogens is 269 g/mol. The Labute approximate surface area is 115 Å². The lowest BCUT2D eigenvalue weighted by molar-refractivity contribution is -0.135. The van der Waals surface area contributed by atoms with E-state index in [1.807, 2.05) is 0 Å². The van der Waals surface area contributed by atoms with Gasteiger partial charge in [-0.1, -0.05) is 18.7 Å². The third kappa shape index (κ3) is 2.22. The molecule has 0 N–H and O–H groups in total. The molecule has 20 heavy (non-hydrogen) atoms. The number of allylic oxidation sites excluding steroid dienone is 2. The van der Waals surface area contributed by atoms with Crippen LogP contribution in [0.25, 0.3) is 0 Å². The second-order valence-corrected chi connectivity index (χ2v) is 6.05. The minimum Gasteiger partial charge on any atom is -0.370 e. The first-order valence-corrected chi connectivity index (χ1v) is 6.95. The van der Waals surface area contributed by atoms with Gasteiger partial charge in [0.1, 0.15) is 6.61 Å². The maximum atomic E-state index is 12.3. The lowest BCUT2D eigenvalue weighted by Crippen LogP contribution is -2.33. The number of fused-ring (bicyclic) bond motifs is 5. The smallest absolute Gasteiger partial charge is 0.370 e. The number of Topliss-reactive ketones (excluding diaryl/α,β-unsaturated/α-hetero) is 1. The molecule has 0 heterocycles. The summed E-state index contributed by atoms with van der Waals surface area (Å²) in [5.41, 5.74) is -1.32. The van der Waals surface area contributed by atoms with Gasteiger partial charge in [0.2, 0.25) is 0 Å². The molecule has 5 unspecified atom stereocenters. The number of halogens is 3. The van der Waals surface area contributed by atoms with Crippen molar-refractivity contribution < 1.29 is 22.7 Å². The second kappa shape index (κ2) is 4.72. The van der Waals surface area contributed by atoms with E-state index in [0.717, 1.165) is 19.3 Å². The highest BCUT2D eigenvalue weighted by Crippen LogP contribution is 2.57. The highest BCUT2D eigenvalue weighted by molar-refractivity contribution is 5.96. The van der Waals surface area contributed by atoms with Crippen LogP contribution < -0.4 is 0 Å². The lowest BCUT2D eigenvalue weighted by atomic mass is 9.80. The fraction of sp³-hybridized carbons (Fsp3) is 0.667. The average Bonchev–Trinajstić information content (AvgIpc) is 3.04. The van der Waals surface area contributed by atoms with Crippen molar-refractivity contribution in [2.75, 3.05) is 6.61 Å². The van der Waals surface area contributed by atoms with Gasteiger partial charge >= 0.3 is 6.18 Å². The van der Waals surface area contributed by atoms with Crippen molar-refractivity contribution in [2.45, 2.75) is 31.5 Å². The van der Waals surface area contributed by atoms with E-state index in [-0.39, 0.29) is 6.10 Å². The van der Waals surface area contributed by atoms with Crippen molar-refractivity contribution in [3.05, 3.63) is 24.3 Å². The molecule has 0 aliphatic heterocycles. The van der Waals surface area contributed by atoms with E-state index in [1.54, 1.807) is 0 Å². The van der Waals surface area contributed by atoms with Gasteiger partial charge in [-0.15, -0.1) is 0 Å². The summed E-state index contributed by atoms with van der Waals surface area (Å²) in [4.78, 5) is 11.4. The van der Waals surface area contributed by atoms with E-state index in [2.05, 4.69) is 18.7 Å². The predicted molar refractivity (Wildman–Crippen MR) is 66.9 cm³/mol. The number of rotatable bonds is 4. The number of carbonyl (C=O) groups is 1. The van der Waals surface area contributed by atoms with E-state index in [4.69, 9.17) is 4.74 Å². The summed E-state index contributed by atoms with van der Waals surface area (Å²) in [6, 6.07) is 0. The van der Waals surface area contributed by atoms with Crippen LogP contribution in [0.1, 0.15) is 19.3 Å². The molecule has 5 atom stereocenters. The molecule has 3 aliphatic rings. The summed E-state index contributed by atoms with van der Waals surface area (Å²) in [6.07, 6.45) is 2.71. The summed E-state index contributed by atoms with van der Waals surface area (Å²) in [6.45, 7) is 2.30. The minimum atomic E-state index is -4.66. The molecule has 0 aromatic carbocycles. The largest absolute Gasteiger partial charge is 0.419 e. The monoisotopic (exact) mass is 286 g/mol. The number of carbonyl (C=O) groups excluding carboxylic acids is 1. The van der Waals surface area contributed by atoms with Crippen LogP contribution >= 0.6 is 0 Å². The number of ether oxygens (including phenoxy) is 1. The molecular formula is C15H17F3O2. The molecule has 2 saturated carbocycles. The van der Waals surface area contributed by atoms with Crippen molar-refractivity contribution in [3.63, 3.8) is 0 Å². The van der Waals surface area contributed by atoms with Gasteiger partial charge < -0.3 is 4.74 Å². The van der Waals surface area contributed by atoms with Crippen LogP contribution in [0.4, 0.5) is 13.2 Å². The molecule has 3 rings (SSSR count). The van der Waals surface area contributed by atoms with Crippen LogP contribution in [0.2, 0.25) is 0 Å². The molecule has 3 aliphatic carbocycles. The van der Waals surface area contributed by atoms with Gasteiger partial charge in [-0.3, -0.25) is 4.79 Å². The van der Waals surface area contributed by atoms with Crippen LogP contribution in [0.15, 0.2) is 24.3 Å². The van der Waals surface area contributed by atoms with E-state index >= 15 is 0 Å². The Morgan fingerprint density at radius 1 is 1.30 bits per heavy atom. The Bertz CT molecular complexity index is 466. The predicted octanol–water partition coefficient (Wildman–Crippen LogP) is 3.29. The fourth-order valence-electron chi connectivity index (χ4n) is 4.11. The molecule has 0 spiro atoms. The first-order chi connectivity index (χ1) is 9.38. The average molecular weight is 286 g/mol. The maximum Gasteiger partial charge on any atom is 0.419 e. The molecule has 110 valence electrons. The molecule has 2 nitrogen and oxygen atoms in total. The summed E-state index contributed by atoms with van der Waals surface area (Å²) < 4.78 is 42.5. The summed E-state index contributed by atoms with van der Waals surface area (Å²) >= 11 is 0. The van der Waals surface area contributed by atoms with E-state index in [9.17, 15) is 18.0 Å². The Balaban J connectivity index is 1.54. The zero-order valence-electron chi connectivity index (χ0n) is 11.0. The third-order valence-electron chi connectivity index (χ3n) is 5.05. The Kier molecular flexibility index (Phi) is 3.27. The van der Waals surface area contributed by atoms with Gasteiger partial charge in [-0.25, -0.2) is 0 Å². The van der Waals surface area contributed by atoms with Crippen molar-refractivity contribution in [1.29, 1.82) is 0 Å². The standard InChI is InChI=1S/C15H17F3O2/c1-8(15(16,17)18)13(19)7-20-14-6-9-5-12(14)11-4-2-3-10(9)11/h2-3,9-12,14H,1,4-7H2. The van der Waals surface area contributed by atoms with Gasteiger partial charge in [0.05, 0.1) is 11.7 Å². The van der Waals surface area contributed by atoms with Gasteiger partial charge in [-0.05, 0) is 42.9 Å². The summed E-state index contributed by atoms with van der Waals surface area (Å²) in [5, 5.41) is 0.